The van der Waals surface area contributed by atoms with E-state index in [0.717, 1.165) is 22.3 Å². The summed E-state index contributed by atoms with van der Waals surface area (Å²) in [5.74, 6) is -1.20. The van der Waals surface area contributed by atoms with Crippen LogP contribution in [0.25, 0.3) is 6.08 Å². The number of hydroxylamine groups is 2. The second-order valence-corrected chi connectivity index (χ2v) is 13.2. The molecule has 3 aromatic carbocycles. The number of benzene rings is 3. The van der Waals surface area contributed by atoms with Gasteiger partial charge in [-0.2, -0.15) is 5.06 Å². The summed E-state index contributed by atoms with van der Waals surface area (Å²) >= 11 is 0. The van der Waals surface area contributed by atoms with E-state index >= 15 is 4.79 Å². The van der Waals surface area contributed by atoms with Gasteiger partial charge in [0.25, 0.3) is 0 Å². The van der Waals surface area contributed by atoms with Gasteiger partial charge in [0.1, 0.15) is 48.4 Å². The van der Waals surface area contributed by atoms with Crippen LogP contribution in [0.1, 0.15) is 28.7 Å². The monoisotopic (exact) mass is 683 g/mol. The smallest absolute Gasteiger partial charge is 0.327 e. The van der Waals surface area contributed by atoms with Crippen molar-refractivity contribution in [3.05, 3.63) is 107 Å². The fourth-order valence-corrected chi connectivity index (χ4v) is 7.80. The fourth-order valence-electron chi connectivity index (χ4n) is 7.80. The number of hydrogen-bond acceptors (Lipinski definition) is 10. The Morgan fingerprint density at radius 3 is 2.60 bits per heavy atom. The van der Waals surface area contributed by atoms with Crippen molar-refractivity contribution in [2.24, 2.45) is 5.41 Å². The molecule has 12 nitrogen and oxygen atoms in total. The number of allylic oxidation sites excluding steroid dienone is 1. The maximum atomic E-state index is 15.0. The molecule has 7 rings (SSSR count). The predicted molar refractivity (Wildman–Crippen MR) is 180 cm³/mol. The van der Waals surface area contributed by atoms with E-state index in [4.69, 9.17) is 19.0 Å². The molecule has 1 saturated carbocycles. The third-order valence-electron chi connectivity index (χ3n) is 10.2. The number of phenols is 1. The molecule has 3 N–H and O–H groups in total. The van der Waals surface area contributed by atoms with E-state index < -0.39 is 59.7 Å². The van der Waals surface area contributed by atoms with Crippen LogP contribution in [0.3, 0.4) is 0 Å². The number of fused-ring (bicyclic) bond motifs is 4. The van der Waals surface area contributed by atoms with Crippen molar-refractivity contribution in [2.45, 2.75) is 62.3 Å². The first-order chi connectivity index (χ1) is 24.3. The van der Waals surface area contributed by atoms with E-state index in [-0.39, 0.29) is 45.1 Å². The number of aliphatic hydroxyl groups is 1. The van der Waals surface area contributed by atoms with Gasteiger partial charge in [0.15, 0.2) is 6.04 Å². The van der Waals surface area contributed by atoms with Gasteiger partial charge in [-0.25, -0.2) is 0 Å². The number of ether oxygens (including phenoxy) is 3. The van der Waals surface area contributed by atoms with Crippen molar-refractivity contribution in [3.63, 3.8) is 0 Å². The normalized spacial score (nSPS) is 27.5. The minimum atomic E-state index is -1.43. The first-order valence-electron chi connectivity index (χ1n) is 16.9. The number of phenolic OH excluding ortho intramolecular Hbond substituents is 1. The van der Waals surface area contributed by atoms with Crippen LogP contribution in [0.15, 0.2) is 84.9 Å². The summed E-state index contributed by atoms with van der Waals surface area (Å²) < 4.78 is 17.8. The van der Waals surface area contributed by atoms with Gasteiger partial charge in [-0.05, 0) is 34.7 Å². The summed E-state index contributed by atoms with van der Waals surface area (Å²) in [7, 11) is 1.57. The van der Waals surface area contributed by atoms with Crippen molar-refractivity contribution >= 4 is 23.9 Å². The van der Waals surface area contributed by atoms with E-state index in [9.17, 15) is 19.8 Å². The molecule has 7 unspecified atom stereocenters. The number of likely N-dealkylation sites (N-methyl/N-ethyl adjacent to an activating group) is 1. The number of aromatic hydroxyl groups is 1. The fraction of sp³-hybridized carbons (Fsp3) is 0.395. The molecule has 7 atom stereocenters. The van der Waals surface area contributed by atoms with Gasteiger partial charge in [0.05, 0.1) is 13.2 Å². The second-order valence-electron chi connectivity index (χ2n) is 13.2. The Kier molecular flexibility index (Phi) is 9.71. The molecule has 3 saturated heterocycles. The molecule has 4 aliphatic rings. The number of amides is 2. The topological polar surface area (TPSA) is 147 Å². The van der Waals surface area contributed by atoms with Crippen molar-refractivity contribution < 1.29 is 43.6 Å². The number of nitrogens with zero attached hydrogens (tertiary/aromatic N) is 2. The first-order valence-corrected chi connectivity index (χ1v) is 16.9. The summed E-state index contributed by atoms with van der Waals surface area (Å²) in [5, 5.41) is 23.8. The van der Waals surface area contributed by atoms with Crippen LogP contribution >= 0.6 is 0 Å². The maximum absolute atomic E-state index is 15.0. The van der Waals surface area contributed by atoms with E-state index in [1.54, 1.807) is 19.2 Å². The molecular weight excluding hydrogens is 642 g/mol. The zero-order chi connectivity index (χ0) is 34.8. The Balaban J connectivity index is 1.18. The lowest BCUT2D eigenvalue weighted by molar-refractivity contribution is -0.204. The van der Waals surface area contributed by atoms with Gasteiger partial charge >= 0.3 is 5.97 Å². The number of rotatable bonds is 12. The van der Waals surface area contributed by atoms with Gasteiger partial charge in [-0.15, -0.1) is 0 Å². The highest BCUT2D eigenvalue weighted by Gasteiger charge is 2.75. The van der Waals surface area contributed by atoms with E-state index in [1.165, 1.54) is 9.96 Å². The molecule has 3 aromatic rings. The quantitative estimate of drug-likeness (QED) is 0.243. The third kappa shape index (κ3) is 6.29. The standard InChI is InChI=1S/C38H41N3O9/c1-40(28(35(44)39-17-18-42)20-25-9-3-2-4-10-25)37(46)38-21-30-31-32(48-23-47-31)34(38)50-41(33(38)36(45)49-30)22-26-13-7-11-24(19-26)12-8-15-27-14-5-6-16-29(27)43/h2-14,16,19,28,30-34,42-43H,15,17-18,20-23H2,1H3,(H,39,44). The van der Waals surface area contributed by atoms with Crippen LogP contribution in [-0.2, 0) is 52.8 Å². The summed E-state index contributed by atoms with van der Waals surface area (Å²) in [6.45, 7) is -0.0709. The highest BCUT2D eigenvalue weighted by molar-refractivity contribution is 5.96. The van der Waals surface area contributed by atoms with Crippen molar-refractivity contribution in [3.8, 4) is 5.75 Å². The lowest BCUT2D eigenvalue weighted by Gasteiger charge is -2.50. The van der Waals surface area contributed by atoms with Crippen LogP contribution in [0.5, 0.6) is 5.75 Å². The van der Waals surface area contributed by atoms with E-state index in [2.05, 4.69) is 5.32 Å². The van der Waals surface area contributed by atoms with E-state index in [1.807, 2.05) is 78.9 Å². The molecule has 12 heteroatoms. The van der Waals surface area contributed by atoms with Gasteiger partial charge in [-0.3, -0.25) is 19.2 Å². The Morgan fingerprint density at radius 2 is 1.80 bits per heavy atom. The van der Waals surface area contributed by atoms with Crippen LogP contribution in [0, 0.1) is 5.41 Å². The Labute approximate surface area is 290 Å². The number of esters is 1. The van der Waals surface area contributed by atoms with Crippen molar-refractivity contribution in [2.75, 3.05) is 27.0 Å². The average Bonchev–Trinajstić information content (AvgIpc) is 3.75. The second kappa shape index (κ2) is 14.3. The predicted octanol–water partition coefficient (Wildman–Crippen LogP) is 2.37. The van der Waals surface area contributed by atoms with Crippen LogP contribution in [0.2, 0.25) is 0 Å². The average molecular weight is 684 g/mol. The zero-order valence-electron chi connectivity index (χ0n) is 27.7. The van der Waals surface area contributed by atoms with Crippen LogP contribution < -0.4 is 5.32 Å². The largest absolute Gasteiger partial charge is 0.508 e. The van der Waals surface area contributed by atoms with Crippen LogP contribution in [-0.4, -0.2) is 101 Å². The molecule has 0 aromatic heterocycles. The molecular formula is C38H41N3O9. The number of nitrogens with one attached hydrogen (secondary N) is 1. The molecule has 1 aliphatic carbocycles. The summed E-state index contributed by atoms with van der Waals surface area (Å²) in [6.07, 6.45) is 1.97. The minimum absolute atomic E-state index is 0.0245. The Morgan fingerprint density at radius 1 is 1.04 bits per heavy atom. The molecule has 3 aliphatic heterocycles. The summed E-state index contributed by atoms with van der Waals surface area (Å²) in [6, 6.07) is 22.3. The number of para-hydroxylation sites is 1. The molecule has 262 valence electrons. The lowest BCUT2D eigenvalue weighted by atomic mass is 9.62. The molecule has 4 fully saturated rings. The highest BCUT2D eigenvalue weighted by Crippen LogP contribution is 2.56. The third-order valence-corrected chi connectivity index (χ3v) is 10.2. The molecule has 0 radical (unpaired) electrons. The minimum Gasteiger partial charge on any atom is -0.508 e. The number of carbonyl (C=O) groups is 3. The number of hydrogen-bond donors (Lipinski definition) is 3. The van der Waals surface area contributed by atoms with Crippen LogP contribution in [0.4, 0.5) is 0 Å². The van der Waals surface area contributed by atoms with Gasteiger partial charge < -0.3 is 34.6 Å². The van der Waals surface area contributed by atoms with E-state index in [0.29, 0.717) is 6.42 Å². The molecule has 2 bridgehead atoms. The van der Waals surface area contributed by atoms with Gasteiger partial charge in [-0.1, -0.05) is 84.9 Å². The van der Waals surface area contributed by atoms with Crippen molar-refractivity contribution in [1.82, 2.24) is 15.3 Å². The lowest BCUT2D eigenvalue weighted by Crippen LogP contribution is -2.70. The maximum Gasteiger partial charge on any atom is 0.327 e. The Hall–Kier alpha value is -4.59. The first kappa shape index (κ1) is 33.9. The number of aliphatic hydroxyl groups excluding tert-OH is 1. The molecule has 0 spiro atoms. The van der Waals surface area contributed by atoms with Crippen molar-refractivity contribution in [1.29, 1.82) is 0 Å². The SMILES string of the molecule is CN(C(=O)C12CC3OC(=O)C1N(Cc1cccc(C=CCc4ccccc4O)c1)OC2C1OCOC31)C(Cc1ccccc1)C(=O)NCCO. The molecule has 2 amide bonds. The number of carbonyl (C=O) groups excluding carboxylic acids is 3. The molecule has 3 heterocycles. The zero-order valence-corrected chi connectivity index (χ0v) is 27.7. The molecule has 50 heavy (non-hydrogen) atoms. The highest BCUT2D eigenvalue weighted by atomic mass is 16.8. The van der Waals surface area contributed by atoms with Gasteiger partial charge in [0.2, 0.25) is 11.8 Å². The van der Waals surface area contributed by atoms with Gasteiger partial charge in [0, 0.05) is 26.4 Å². The summed E-state index contributed by atoms with van der Waals surface area (Å²) in [5.41, 5.74) is 1.99. The summed E-state index contributed by atoms with van der Waals surface area (Å²) in [4.78, 5) is 50.5. The Bertz CT molecular complexity index is 1750.